The second kappa shape index (κ2) is 7.26. The summed E-state index contributed by atoms with van der Waals surface area (Å²) in [6.07, 6.45) is 2.10. The van der Waals surface area contributed by atoms with Gasteiger partial charge in [-0.05, 0) is 30.5 Å². The number of phenolic OH excluding ortho intramolecular Hbond substituents is 1. The Kier molecular flexibility index (Phi) is 5.38. The zero-order valence-electron chi connectivity index (χ0n) is 11.9. The van der Waals surface area contributed by atoms with Crippen LogP contribution in [0.25, 0.3) is 0 Å². The van der Waals surface area contributed by atoms with E-state index in [-0.39, 0.29) is 5.91 Å². The summed E-state index contributed by atoms with van der Waals surface area (Å²) in [5.41, 5.74) is 1.10. The number of benzene rings is 1. The van der Waals surface area contributed by atoms with Crippen LogP contribution in [0.15, 0.2) is 24.3 Å². The van der Waals surface area contributed by atoms with Crippen molar-refractivity contribution in [3.8, 4) is 5.75 Å². The Labute approximate surface area is 120 Å². The monoisotopic (exact) mass is 277 g/mol. The van der Waals surface area contributed by atoms with Gasteiger partial charge in [0.25, 0.3) is 0 Å². The maximum atomic E-state index is 11.3. The third-order valence-corrected chi connectivity index (χ3v) is 3.74. The number of carbonyl (C=O) groups is 1. The third-order valence-electron chi connectivity index (χ3n) is 3.74. The van der Waals surface area contributed by atoms with E-state index in [2.05, 4.69) is 15.5 Å². The van der Waals surface area contributed by atoms with Crippen LogP contribution >= 0.6 is 0 Å². The van der Waals surface area contributed by atoms with E-state index in [1.165, 1.54) is 0 Å². The predicted octanol–water partition coefficient (Wildman–Crippen LogP) is 0.692. The Morgan fingerprint density at radius 3 is 2.80 bits per heavy atom. The third kappa shape index (κ3) is 4.51. The van der Waals surface area contributed by atoms with E-state index in [0.29, 0.717) is 18.3 Å². The summed E-state index contributed by atoms with van der Waals surface area (Å²) in [6.45, 7) is 3.17. The number of nitrogens with one attached hydrogen (secondary N) is 2. The van der Waals surface area contributed by atoms with Crippen molar-refractivity contribution in [2.75, 3.05) is 26.7 Å². The smallest absolute Gasteiger partial charge is 0.233 e. The molecule has 1 saturated heterocycles. The number of likely N-dealkylation sites (N-methyl/N-ethyl adjacent to an activating group) is 1. The molecule has 1 fully saturated rings. The largest absolute Gasteiger partial charge is 0.508 e. The first-order valence-corrected chi connectivity index (χ1v) is 7.11. The van der Waals surface area contributed by atoms with E-state index < -0.39 is 0 Å². The quantitative estimate of drug-likeness (QED) is 0.741. The molecule has 0 radical (unpaired) electrons. The van der Waals surface area contributed by atoms with Crippen molar-refractivity contribution in [3.05, 3.63) is 29.8 Å². The summed E-state index contributed by atoms with van der Waals surface area (Å²) >= 11 is 0. The Morgan fingerprint density at radius 2 is 2.15 bits per heavy atom. The van der Waals surface area contributed by atoms with Gasteiger partial charge in [0.1, 0.15) is 5.75 Å². The summed E-state index contributed by atoms with van der Waals surface area (Å²) in [5, 5.41) is 15.6. The normalized spacial score (nSPS) is 17.1. The topological polar surface area (TPSA) is 64.6 Å². The Bertz CT molecular complexity index is 442. The number of carbonyl (C=O) groups excluding carboxylic acids is 1. The minimum absolute atomic E-state index is 0.0798. The van der Waals surface area contributed by atoms with Gasteiger partial charge in [-0.3, -0.25) is 9.69 Å². The molecule has 1 aliphatic rings. The van der Waals surface area contributed by atoms with Crippen LogP contribution in [0.5, 0.6) is 5.75 Å². The Morgan fingerprint density at radius 1 is 1.40 bits per heavy atom. The first-order chi connectivity index (χ1) is 9.67. The number of phenols is 1. The summed E-state index contributed by atoms with van der Waals surface area (Å²) in [5.74, 6) is 0.390. The van der Waals surface area contributed by atoms with Crippen LogP contribution in [0.3, 0.4) is 0 Å². The van der Waals surface area contributed by atoms with Gasteiger partial charge in [-0.25, -0.2) is 0 Å². The molecular formula is C15H23N3O2. The molecule has 2 rings (SSSR count). The number of rotatable bonds is 5. The minimum Gasteiger partial charge on any atom is -0.508 e. The van der Waals surface area contributed by atoms with Gasteiger partial charge in [0.2, 0.25) is 5.91 Å². The molecule has 1 aliphatic heterocycles. The second-order valence-corrected chi connectivity index (χ2v) is 5.27. The highest BCUT2D eigenvalue weighted by Gasteiger charge is 2.19. The molecule has 1 aromatic carbocycles. The fourth-order valence-corrected chi connectivity index (χ4v) is 2.51. The molecule has 5 nitrogen and oxygen atoms in total. The van der Waals surface area contributed by atoms with Crippen molar-refractivity contribution in [1.82, 2.24) is 15.5 Å². The van der Waals surface area contributed by atoms with Crippen LogP contribution in [0.4, 0.5) is 0 Å². The molecule has 0 aliphatic carbocycles. The van der Waals surface area contributed by atoms with Crippen molar-refractivity contribution in [1.29, 1.82) is 0 Å². The van der Waals surface area contributed by atoms with Crippen molar-refractivity contribution < 1.29 is 9.90 Å². The summed E-state index contributed by atoms with van der Waals surface area (Å²) in [6, 6.07) is 7.82. The number of piperidine rings is 1. The molecule has 3 N–H and O–H groups in total. The molecule has 0 bridgehead atoms. The van der Waals surface area contributed by atoms with Crippen LogP contribution in [0.2, 0.25) is 0 Å². The standard InChI is InChI=1S/C15H23N3O2/c1-16-15(20)11-18-7-5-13(6-8-18)17-10-12-3-2-4-14(19)9-12/h2-4,9,13,17,19H,5-8,10-11H2,1H3,(H,16,20). The fourth-order valence-electron chi connectivity index (χ4n) is 2.51. The van der Waals surface area contributed by atoms with Crippen LogP contribution in [-0.2, 0) is 11.3 Å². The van der Waals surface area contributed by atoms with Gasteiger partial charge in [0.15, 0.2) is 0 Å². The highest BCUT2D eigenvalue weighted by Crippen LogP contribution is 2.13. The average Bonchev–Trinajstić information content (AvgIpc) is 2.46. The molecule has 110 valence electrons. The Balaban J connectivity index is 1.70. The highest BCUT2D eigenvalue weighted by atomic mass is 16.3. The molecular weight excluding hydrogens is 254 g/mol. The number of hydrogen-bond acceptors (Lipinski definition) is 4. The van der Waals surface area contributed by atoms with Gasteiger partial charge in [0, 0.05) is 32.7 Å². The maximum Gasteiger partial charge on any atom is 0.233 e. The van der Waals surface area contributed by atoms with Gasteiger partial charge in [-0.1, -0.05) is 12.1 Å². The number of hydrogen-bond donors (Lipinski definition) is 3. The zero-order chi connectivity index (χ0) is 14.4. The second-order valence-electron chi connectivity index (χ2n) is 5.27. The summed E-state index contributed by atoms with van der Waals surface area (Å²) in [4.78, 5) is 13.5. The number of nitrogens with zero attached hydrogens (tertiary/aromatic N) is 1. The Hall–Kier alpha value is -1.59. The van der Waals surface area contributed by atoms with Crippen molar-refractivity contribution in [2.45, 2.75) is 25.4 Å². The summed E-state index contributed by atoms with van der Waals surface area (Å²) in [7, 11) is 1.67. The molecule has 20 heavy (non-hydrogen) atoms. The first kappa shape index (κ1) is 14.8. The zero-order valence-corrected chi connectivity index (χ0v) is 11.9. The highest BCUT2D eigenvalue weighted by molar-refractivity contribution is 5.77. The van der Waals surface area contributed by atoms with Crippen LogP contribution in [0.1, 0.15) is 18.4 Å². The van der Waals surface area contributed by atoms with Gasteiger partial charge < -0.3 is 15.7 Å². The SMILES string of the molecule is CNC(=O)CN1CCC(NCc2cccc(O)c2)CC1. The summed E-state index contributed by atoms with van der Waals surface area (Å²) < 4.78 is 0. The van der Waals surface area contributed by atoms with Crippen LogP contribution in [0, 0.1) is 0 Å². The first-order valence-electron chi connectivity index (χ1n) is 7.11. The van der Waals surface area contributed by atoms with Gasteiger partial charge >= 0.3 is 0 Å². The van der Waals surface area contributed by atoms with E-state index in [1.54, 1.807) is 19.2 Å². The molecule has 0 unspecified atom stereocenters. The minimum atomic E-state index is 0.0798. The van der Waals surface area contributed by atoms with Crippen molar-refractivity contribution in [3.63, 3.8) is 0 Å². The van der Waals surface area contributed by atoms with E-state index in [1.807, 2.05) is 12.1 Å². The molecule has 1 aromatic rings. The molecule has 0 saturated carbocycles. The van der Waals surface area contributed by atoms with Crippen molar-refractivity contribution >= 4 is 5.91 Å². The van der Waals surface area contributed by atoms with E-state index in [0.717, 1.165) is 38.0 Å². The van der Waals surface area contributed by atoms with Gasteiger partial charge in [-0.15, -0.1) is 0 Å². The fraction of sp³-hybridized carbons (Fsp3) is 0.533. The molecule has 0 atom stereocenters. The maximum absolute atomic E-state index is 11.3. The van der Waals surface area contributed by atoms with Gasteiger partial charge in [-0.2, -0.15) is 0 Å². The average molecular weight is 277 g/mol. The lowest BCUT2D eigenvalue weighted by molar-refractivity contribution is -0.122. The van der Waals surface area contributed by atoms with E-state index >= 15 is 0 Å². The molecule has 0 spiro atoms. The van der Waals surface area contributed by atoms with Crippen molar-refractivity contribution in [2.24, 2.45) is 0 Å². The lowest BCUT2D eigenvalue weighted by atomic mass is 10.0. The predicted molar refractivity (Wildman–Crippen MR) is 78.5 cm³/mol. The number of aromatic hydroxyl groups is 1. The molecule has 1 amide bonds. The molecule has 5 heteroatoms. The number of amides is 1. The van der Waals surface area contributed by atoms with Crippen LogP contribution in [-0.4, -0.2) is 48.6 Å². The lowest BCUT2D eigenvalue weighted by Gasteiger charge is -2.31. The van der Waals surface area contributed by atoms with Gasteiger partial charge in [0.05, 0.1) is 6.54 Å². The van der Waals surface area contributed by atoms with E-state index in [9.17, 15) is 9.90 Å². The lowest BCUT2D eigenvalue weighted by Crippen LogP contribution is -2.45. The number of likely N-dealkylation sites (tertiary alicyclic amines) is 1. The van der Waals surface area contributed by atoms with Crippen LogP contribution < -0.4 is 10.6 Å². The molecule has 1 heterocycles. The molecule has 0 aromatic heterocycles. The van der Waals surface area contributed by atoms with E-state index in [4.69, 9.17) is 0 Å².